The minimum Gasteiger partial charge on any atom is -0.768 e. The molecule has 4 nitrogen and oxygen atoms in total. The molecule has 1 aromatic carbocycles. The predicted molar refractivity (Wildman–Crippen MR) is 51.5 cm³/mol. The molecule has 6 heteroatoms. The Morgan fingerprint density at radius 3 is 2.07 bits per heavy atom. The zero-order chi connectivity index (χ0) is 10.7. The third-order valence-corrected chi connectivity index (χ3v) is 2.66. The molecule has 0 radical (unpaired) electrons. The molecule has 1 rings (SSSR count). The van der Waals surface area contributed by atoms with E-state index in [1.165, 1.54) is 20.3 Å². The number of hydrogen-bond acceptors (Lipinski definition) is 4. The largest absolute Gasteiger partial charge is 1.00 e. The first kappa shape index (κ1) is 14.9. The van der Waals surface area contributed by atoms with E-state index in [9.17, 15) is 8.76 Å². The van der Waals surface area contributed by atoms with Gasteiger partial charge < -0.3 is 14.0 Å². The maximum atomic E-state index is 10.8. The van der Waals surface area contributed by atoms with Crippen LogP contribution in [0.4, 0.5) is 0 Å². The van der Waals surface area contributed by atoms with Crippen molar-refractivity contribution in [2.45, 2.75) is 11.8 Å². The van der Waals surface area contributed by atoms with Crippen LogP contribution in [0.3, 0.4) is 0 Å². The van der Waals surface area contributed by atoms with Crippen molar-refractivity contribution in [3.05, 3.63) is 17.7 Å². The van der Waals surface area contributed by atoms with Crippen LogP contribution in [-0.4, -0.2) is 23.0 Å². The van der Waals surface area contributed by atoms with Gasteiger partial charge >= 0.3 is 29.6 Å². The molecule has 0 aromatic heterocycles. The van der Waals surface area contributed by atoms with Gasteiger partial charge in [0.25, 0.3) is 0 Å². The number of rotatable bonds is 3. The van der Waals surface area contributed by atoms with Gasteiger partial charge in [0, 0.05) is 4.90 Å². The van der Waals surface area contributed by atoms with Crippen LogP contribution in [0.1, 0.15) is 5.56 Å². The summed E-state index contributed by atoms with van der Waals surface area (Å²) in [6, 6.07) is 3.07. The average Bonchev–Trinajstić information content (AvgIpc) is 2.16. The second kappa shape index (κ2) is 6.50. The third kappa shape index (κ3) is 3.46. The molecule has 15 heavy (non-hydrogen) atoms. The van der Waals surface area contributed by atoms with Crippen molar-refractivity contribution in [3.63, 3.8) is 0 Å². The van der Waals surface area contributed by atoms with Crippen LogP contribution in [-0.2, 0) is 11.1 Å². The molecule has 0 N–H and O–H groups in total. The number of benzene rings is 1. The van der Waals surface area contributed by atoms with Gasteiger partial charge in [0.15, 0.2) is 11.5 Å². The Balaban J connectivity index is 0.00000196. The molecular formula is C9H11NaO4S. The fourth-order valence-electron chi connectivity index (χ4n) is 1.14. The van der Waals surface area contributed by atoms with Gasteiger partial charge in [-0.2, -0.15) is 0 Å². The topological polar surface area (TPSA) is 58.6 Å². The summed E-state index contributed by atoms with van der Waals surface area (Å²) in [7, 11) is 2.97. The zero-order valence-corrected chi connectivity index (χ0v) is 12.0. The van der Waals surface area contributed by atoms with E-state index in [1.807, 2.05) is 0 Å². The van der Waals surface area contributed by atoms with Crippen LogP contribution in [0.15, 0.2) is 17.0 Å². The summed E-state index contributed by atoms with van der Waals surface area (Å²) in [6.45, 7) is 1.70. The van der Waals surface area contributed by atoms with Crippen LogP contribution in [0.25, 0.3) is 0 Å². The van der Waals surface area contributed by atoms with Crippen molar-refractivity contribution >= 4 is 11.1 Å². The molecule has 0 fully saturated rings. The van der Waals surface area contributed by atoms with Gasteiger partial charge in [0.2, 0.25) is 0 Å². The molecule has 0 heterocycles. The Bertz CT molecular complexity index is 367. The van der Waals surface area contributed by atoms with Crippen molar-refractivity contribution in [3.8, 4) is 11.5 Å². The molecule has 0 amide bonds. The van der Waals surface area contributed by atoms with Gasteiger partial charge in [-0.05, 0) is 35.7 Å². The number of aryl methyl sites for hydroxylation is 1. The molecule has 0 aliphatic carbocycles. The molecule has 1 atom stereocenters. The van der Waals surface area contributed by atoms with E-state index in [2.05, 4.69) is 0 Å². The van der Waals surface area contributed by atoms with Crippen LogP contribution in [0, 0.1) is 6.92 Å². The molecule has 0 saturated heterocycles. The summed E-state index contributed by atoms with van der Waals surface area (Å²) in [5, 5.41) is 0. The van der Waals surface area contributed by atoms with E-state index in [4.69, 9.17) is 9.47 Å². The summed E-state index contributed by atoms with van der Waals surface area (Å²) in [6.07, 6.45) is 0. The normalized spacial score (nSPS) is 11.5. The standard InChI is InChI=1S/C9H12O4S.Na/c1-6-4-7(12-2)8(13-3)5-9(6)14(10)11;/h4-5H,1-3H3,(H,10,11);/q;+1/p-1. The van der Waals surface area contributed by atoms with Crippen LogP contribution in [0.2, 0.25) is 0 Å². The smallest absolute Gasteiger partial charge is 0.768 e. The first-order chi connectivity index (χ1) is 6.60. The Morgan fingerprint density at radius 1 is 1.20 bits per heavy atom. The fraction of sp³-hybridized carbons (Fsp3) is 0.333. The number of methoxy groups -OCH3 is 2. The second-order valence-electron chi connectivity index (χ2n) is 2.71. The first-order valence-corrected chi connectivity index (χ1v) is 4.99. The number of ether oxygens (including phenoxy) is 2. The molecule has 0 aliphatic heterocycles. The Morgan fingerprint density at radius 2 is 1.67 bits per heavy atom. The molecular weight excluding hydrogens is 227 g/mol. The van der Waals surface area contributed by atoms with E-state index in [0.717, 1.165) is 0 Å². The van der Waals surface area contributed by atoms with Gasteiger partial charge in [-0.25, -0.2) is 0 Å². The van der Waals surface area contributed by atoms with Crippen LogP contribution >= 0.6 is 0 Å². The van der Waals surface area contributed by atoms with Crippen molar-refractivity contribution in [1.82, 2.24) is 0 Å². The second-order valence-corrected chi connectivity index (χ2v) is 3.62. The Kier molecular flexibility index (Phi) is 6.47. The Labute approximate surface area is 114 Å². The summed E-state index contributed by atoms with van der Waals surface area (Å²) in [5.74, 6) is 0.941. The van der Waals surface area contributed by atoms with Crippen LogP contribution < -0.4 is 39.0 Å². The molecule has 1 aromatic rings. The minimum atomic E-state index is -2.25. The molecule has 0 aliphatic rings. The van der Waals surface area contributed by atoms with E-state index < -0.39 is 11.1 Å². The van der Waals surface area contributed by atoms with Gasteiger partial charge in [0.05, 0.1) is 14.2 Å². The Hall–Kier alpha value is -0.0700. The molecule has 78 valence electrons. The first-order valence-electron chi connectivity index (χ1n) is 3.92. The zero-order valence-electron chi connectivity index (χ0n) is 9.20. The number of hydrogen-bond donors (Lipinski definition) is 0. The summed E-state index contributed by atoms with van der Waals surface area (Å²) in [4.78, 5) is 0.225. The van der Waals surface area contributed by atoms with E-state index in [1.54, 1.807) is 13.0 Å². The van der Waals surface area contributed by atoms with Gasteiger partial charge in [-0.3, -0.25) is 4.21 Å². The summed E-state index contributed by atoms with van der Waals surface area (Å²) >= 11 is -2.25. The van der Waals surface area contributed by atoms with Crippen molar-refractivity contribution in [1.29, 1.82) is 0 Å². The summed E-state index contributed by atoms with van der Waals surface area (Å²) < 4.78 is 31.6. The predicted octanol–water partition coefficient (Wildman–Crippen LogP) is -1.75. The van der Waals surface area contributed by atoms with Gasteiger partial charge in [0.1, 0.15) is 0 Å². The van der Waals surface area contributed by atoms with Crippen molar-refractivity contribution in [2.75, 3.05) is 14.2 Å². The fourth-order valence-corrected chi connectivity index (χ4v) is 1.67. The van der Waals surface area contributed by atoms with Gasteiger partial charge in [-0.1, -0.05) is 0 Å². The van der Waals surface area contributed by atoms with Crippen molar-refractivity contribution < 1.29 is 47.8 Å². The van der Waals surface area contributed by atoms with Crippen molar-refractivity contribution in [2.24, 2.45) is 0 Å². The minimum absolute atomic E-state index is 0. The van der Waals surface area contributed by atoms with Crippen LogP contribution in [0.5, 0.6) is 11.5 Å². The average molecular weight is 238 g/mol. The molecule has 0 saturated carbocycles. The molecule has 0 spiro atoms. The molecule has 1 unspecified atom stereocenters. The van der Waals surface area contributed by atoms with Gasteiger partial charge in [-0.15, -0.1) is 0 Å². The maximum Gasteiger partial charge on any atom is 1.00 e. The third-order valence-electron chi connectivity index (χ3n) is 1.86. The van der Waals surface area contributed by atoms with E-state index >= 15 is 0 Å². The van der Waals surface area contributed by atoms with E-state index in [-0.39, 0.29) is 34.5 Å². The monoisotopic (exact) mass is 238 g/mol. The quantitative estimate of drug-likeness (QED) is 0.463. The maximum absolute atomic E-state index is 10.8. The SMILES string of the molecule is COc1cc(C)c(S(=O)[O-])cc1OC.[Na+]. The molecule has 0 bridgehead atoms. The summed E-state index contributed by atoms with van der Waals surface area (Å²) in [5.41, 5.74) is 0.635. The van der Waals surface area contributed by atoms with E-state index in [0.29, 0.717) is 17.1 Å².